The van der Waals surface area contributed by atoms with Crippen molar-refractivity contribution in [3.05, 3.63) is 58.6 Å². The number of halogens is 1. The lowest BCUT2D eigenvalue weighted by Gasteiger charge is -2.08. The van der Waals surface area contributed by atoms with Crippen LogP contribution in [0.4, 0.5) is 5.95 Å². The fourth-order valence-corrected chi connectivity index (χ4v) is 2.58. The summed E-state index contributed by atoms with van der Waals surface area (Å²) in [6, 6.07) is 15.7. The van der Waals surface area contributed by atoms with Gasteiger partial charge < -0.3 is 5.73 Å². The summed E-state index contributed by atoms with van der Waals surface area (Å²) in [5.74, 6) is 1.40. The number of nitrogens with zero attached hydrogens (tertiary/aromatic N) is 3. The minimum absolute atomic E-state index is 0.223. The molecule has 0 aliphatic rings. The van der Waals surface area contributed by atoms with E-state index in [2.05, 4.69) is 30.9 Å². The van der Waals surface area contributed by atoms with Crippen LogP contribution in [-0.2, 0) is 0 Å². The molecule has 0 amide bonds. The van der Waals surface area contributed by atoms with E-state index in [1.165, 1.54) is 0 Å². The number of nitrogens with two attached hydrogens (primary N) is 1. The molecule has 0 spiro atoms. The van der Waals surface area contributed by atoms with E-state index in [4.69, 9.17) is 5.73 Å². The molecule has 0 saturated heterocycles. The first kappa shape index (κ1) is 13.7. The zero-order valence-corrected chi connectivity index (χ0v) is 13.0. The van der Waals surface area contributed by atoms with Crippen molar-refractivity contribution in [3.8, 4) is 22.8 Å². The second-order valence-electron chi connectivity index (χ2n) is 4.67. The molecule has 0 bridgehead atoms. The Balaban J connectivity index is 2.14. The fraction of sp³-hybridized carbons (Fsp3) is 0.0625. The molecule has 2 N–H and O–H groups in total. The number of hydrogen-bond donors (Lipinski definition) is 1. The quantitative estimate of drug-likeness (QED) is 0.769. The van der Waals surface area contributed by atoms with E-state index in [0.717, 1.165) is 21.2 Å². The Kier molecular flexibility index (Phi) is 3.66. The van der Waals surface area contributed by atoms with Gasteiger partial charge >= 0.3 is 0 Å². The predicted octanol–water partition coefficient (Wildman–Crippen LogP) is 3.86. The highest BCUT2D eigenvalue weighted by Gasteiger charge is 2.10. The predicted molar refractivity (Wildman–Crippen MR) is 87.5 cm³/mol. The highest BCUT2D eigenvalue weighted by Crippen LogP contribution is 2.25. The molecule has 5 heteroatoms. The molecule has 104 valence electrons. The Hall–Kier alpha value is -2.27. The van der Waals surface area contributed by atoms with Crippen LogP contribution in [0.3, 0.4) is 0 Å². The first-order valence-corrected chi connectivity index (χ1v) is 7.26. The molecule has 0 aliphatic heterocycles. The molecule has 3 aromatic rings. The summed E-state index contributed by atoms with van der Waals surface area (Å²) in [6.07, 6.45) is 0. The molecule has 0 radical (unpaired) electrons. The van der Waals surface area contributed by atoms with E-state index in [-0.39, 0.29) is 5.95 Å². The van der Waals surface area contributed by atoms with Gasteiger partial charge in [0.25, 0.3) is 0 Å². The normalized spacial score (nSPS) is 10.6. The lowest BCUT2D eigenvalue weighted by Crippen LogP contribution is -2.03. The van der Waals surface area contributed by atoms with E-state index in [1.807, 2.05) is 55.5 Å². The van der Waals surface area contributed by atoms with Crippen molar-refractivity contribution in [2.24, 2.45) is 0 Å². The molecule has 3 rings (SSSR count). The number of aryl methyl sites for hydroxylation is 1. The Morgan fingerprint density at radius 3 is 2.33 bits per heavy atom. The largest absolute Gasteiger partial charge is 0.368 e. The molecule has 21 heavy (non-hydrogen) atoms. The third-order valence-corrected chi connectivity index (χ3v) is 3.61. The molecule has 2 aromatic carbocycles. The zero-order chi connectivity index (χ0) is 14.8. The molecular formula is C16H13BrN4. The second-order valence-corrected chi connectivity index (χ2v) is 5.58. The third-order valence-electron chi connectivity index (χ3n) is 3.11. The fourth-order valence-electron chi connectivity index (χ4n) is 2.11. The van der Waals surface area contributed by atoms with Crippen molar-refractivity contribution in [1.29, 1.82) is 0 Å². The first-order chi connectivity index (χ1) is 10.1. The summed E-state index contributed by atoms with van der Waals surface area (Å²) in [5.41, 5.74) is 8.79. The van der Waals surface area contributed by atoms with Gasteiger partial charge in [0.1, 0.15) is 0 Å². The Morgan fingerprint density at radius 1 is 0.905 bits per heavy atom. The lowest BCUT2D eigenvalue weighted by molar-refractivity contribution is 1.08. The van der Waals surface area contributed by atoms with Gasteiger partial charge in [0.2, 0.25) is 5.95 Å². The number of anilines is 1. The maximum absolute atomic E-state index is 5.84. The molecule has 0 saturated carbocycles. The van der Waals surface area contributed by atoms with Crippen LogP contribution in [0.1, 0.15) is 5.56 Å². The van der Waals surface area contributed by atoms with Crippen molar-refractivity contribution in [1.82, 2.24) is 15.0 Å². The first-order valence-electron chi connectivity index (χ1n) is 6.47. The van der Waals surface area contributed by atoms with Gasteiger partial charge in [-0.2, -0.15) is 9.97 Å². The van der Waals surface area contributed by atoms with Crippen LogP contribution in [0.25, 0.3) is 22.8 Å². The van der Waals surface area contributed by atoms with Gasteiger partial charge in [0.15, 0.2) is 11.6 Å². The molecule has 4 nitrogen and oxygen atoms in total. The lowest BCUT2D eigenvalue weighted by atomic mass is 10.1. The van der Waals surface area contributed by atoms with Crippen LogP contribution in [0.2, 0.25) is 0 Å². The molecular weight excluding hydrogens is 328 g/mol. The van der Waals surface area contributed by atoms with E-state index >= 15 is 0 Å². The average Bonchev–Trinajstić information content (AvgIpc) is 2.47. The van der Waals surface area contributed by atoms with E-state index in [1.54, 1.807) is 0 Å². The Labute approximate surface area is 131 Å². The van der Waals surface area contributed by atoms with Crippen molar-refractivity contribution < 1.29 is 0 Å². The molecule has 0 unspecified atom stereocenters. The van der Waals surface area contributed by atoms with Crippen LogP contribution < -0.4 is 5.73 Å². The van der Waals surface area contributed by atoms with Crippen LogP contribution in [0, 0.1) is 6.92 Å². The van der Waals surface area contributed by atoms with Gasteiger partial charge in [0, 0.05) is 15.6 Å². The second kappa shape index (κ2) is 5.61. The number of hydrogen-bond acceptors (Lipinski definition) is 4. The van der Waals surface area contributed by atoms with Crippen molar-refractivity contribution in [2.45, 2.75) is 6.92 Å². The molecule has 0 atom stereocenters. The summed E-state index contributed by atoms with van der Waals surface area (Å²) in [6.45, 7) is 2.02. The maximum atomic E-state index is 5.84. The summed E-state index contributed by atoms with van der Waals surface area (Å²) in [7, 11) is 0. The van der Waals surface area contributed by atoms with E-state index in [9.17, 15) is 0 Å². The Bertz CT molecular complexity index is 788. The highest BCUT2D eigenvalue weighted by molar-refractivity contribution is 9.10. The van der Waals surface area contributed by atoms with Gasteiger partial charge in [-0.15, -0.1) is 0 Å². The number of aromatic nitrogens is 3. The van der Waals surface area contributed by atoms with Gasteiger partial charge in [0.05, 0.1) is 0 Å². The average molecular weight is 341 g/mol. The van der Waals surface area contributed by atoms with Crippen molar-refractivity contribution in [2.75, 3.05) is 5.73 Å². The van der Waals surface area contributed by atoms with Crippen LogP contribution >= 0.6 is 15.9 Å². The smallest absolute Gasteiger partial charge is 0.224 e. The SMILES string of the molecule is Cc1cc(Br)ccc1-c1nc(N)nc(-c2ccccc2)n1. The van der Waals surface area contributed by atoms with Crippen LogP contribution in [0.15, 0.2) is 53.0 Å². The number of rotatable bonds is 2. The summed E-state index contributed by atoms with van der Waals surface area (Å²) >= 11 is 3.46. The summed E-state index contributed by atoms with van der Waals surface area (Å²) < 4.78 is 1.02. The van der Waals surface area contributed by atoms with Gasteiger partial charge in [-0.3, -0.25) is 0 Å². The third kappa shape index (κ3) is 2.92. The summed E-state index contributed by atoms with van der Waals surface area (Å²) in [4.78, 5) is 13.0. The van der Waals surface area contributed by atoms with Crippen LogP contribution in [0.5, 0.6) is 0 Å². The highest BCUT2D eigenvalue weighted by atomic mass is 79.9. The van der Waals surface area contributed by atoms with Crippen molar-refractivity contribution >= 4 is 21.9 Å². The topological polar surface area (TPSA) is 64.7 Å². The molecule has 0 aliphatic carbocycles. The van der Waals surface area contributed by atoms with Crippen LogP contribution in [-0.4, -0.2) is 15.0 Å². The van der Waals surface area contributed by atoms with Gasteiger partial charge in [-0.1, -0.05) is 46.3 Å². The summed E-state index contributed by atoms with van der Waals surface area (Å²) in [5, 5.41) is 0. The minimum Gasteiger partial charge on any atom is -0.368 e. The maximum Gasteiger partial charge on any atom is 0.224 e. The molecule has 0 fully saturated rings. The molecule has 1 heterocycles. The Morgan fingerprint density at radius 2 is 1.62 bits per heavy atom. The van der Waals surface area contributed by atoms with Gasteiger partial charge in [-0.25, -0.2) is 4.98 Å². The van der Waals surface area contributed by atoms with Crippen molar-refractivity contribution in [3.63, 3.8) is 0 Å². The molecule has 1 aromatic heterocycles. The number of nitrogen functional groups attached to an aromatic ring is 1. The number of benzene rings is 2. The minimum atomic E-state index is 0.223. The van der Waals surface area contributed by atoms with E-state index in [0.29, 0.717) is 11.6 Å². The monoisotopic (exact) mass is 340 g/mol. The zero-order valence-electron chi connectivity index (χ0n) is 11.4. The van der Waals surface area contributed by atoms with E-state index < -0.39 is 0 Å². The standard InChI is InChI=1S/C16H13BrN4/c1-10-9-12(17)7-8-13(10)15-19-14(20-16(18)21-15)11-5-3-2-4-6-11/h2-9H,1H3,(H2,18,19,20,21). The van der Waals surface area contributed by atoms with Gasteiger partial charge in [-0.05, 0) is 30.7 Å².